The number of nitrogens with zero attached hydrogens (tertiary/aromatic N) is 2. The van der Waals surface area contributed by atoms with Crippen LogP contribution in [0.25, 0.3) is 0 Å². The molecule has 2 fully saturated rings. The predicted octanol–water partition coefficient (Wildman–Crippen LogP) is 1.87. The number of rotatable bonds is 2. The Morgan fingerprint density at radius 3 is 2.79 bits per heavy atom. The fourth-order valence-electron chi connectivity index (χ4n) is 2.88. The van der Waals surface area contributed by atoms with Gasteiger partial charge >= 0.3 is 6.03 Å². The van der Waals surface area contributed by atoms with E-state index in [1.54, 1.807) is 36.3 Å². The molecule has 5 nitrogen and oxygen atoms in total. The van der Waals surface area contributed by atoms with Gasteiger partial charge in [-0.2, -0.15) is 0 Å². The molecular formula is C14H16N2O3. The molecular weight excluding hydrogens is 244 g/mol. The fourth-order valence-corrected chi connectivity index (χ4v) is 2.88. The van der Waals surface area contributed by atoms with Crippen LogP contribution in [0.1, 0.15) is 13.3 Å². The molecule has 0 spiro atoms. The van der Waals surface area contributed by atoms with E-state index in [2.05, 4.69) is 0 Å². The summed E-state index contributed by atoms with van der Waals surface area (Å²) in [6.07, 6.45) is 0.897. The number of benzene rings is 1. The maximum atomic E-state index is 12.4. The summed E-state index contributed by atoms with van der Waals surface area (Å²) < 4.78 is 5.14. The minimum atomic E-state index is -0.293. The molecule has 0 N–H and O–H groups in total. The van der Waals surface area contributed by atoms with Crippen molar-refractivity contribution in [3.05, 3.63) is 24.3 Å². The number of amides is 3. The monoisotopic (exact) mass is 260 g/mol. The Morgan fingerprint density at radius 1 is 1.32 bits per heavy atom. The summed E-state index contributed by atoms with van der Waals surface area (Å²) in [7, 11) is 1.56. The van der Waals surface area contributed by atoms with Crippen molar-refractivity contribution in [2.45, 2.75) is 19.4 Å². The number of methoxy groups -OCH3 is 1. The zero-order valence-corrected chi connectivity index (χ0v) is 11.0. The molecule has 0 bridgehead atoms. The summed E-state index contributed by atoms with van der Waals surface area (Å²) >= 11 is 0. The molecule has 0 aliphatic carbocycles. The van der Waals surface area contributed by atoms with Crippen LogP contribution in [0.15, 0.2) is 24.3 Å². The molecule has 2 heterocycles. The highest BCUT2D eigenvalue weighted by atomic mass is 16.5. The number of carbonyl (C=O) groups is 2. The third-order valence-electron chi connectivity index (χ3n) is 3.92. The predicted molar refractivity (Wildman–Crippen MR) is 70.2 cm³/mol. The smallest absolute Gasteiger partial charge is 0.332 e. The van der Waals surface area contributed by atoms with E-state index < -0.39 is 0 Å². The SMILES string of the molecule is COc1cccc(N2C(=O)C3C(C)CCN3C2=O)c1. The number of hydrogen-bond acceptors (Lipinski definition) is 3. The van der Waals surface area contributed by atoms with Crippen LogP contribution in [0.5, 0.6) is 5.75 Å². The Balaban J connectivity index is 1.97. The Labute approximate surface area is 111 Å². The minimum Gasteiger partial charge on any atom is -0.497 e. The van der Waals surface area contributed by atoms with E-state index in [9.17, 15) is 9.59 Å². The lowest BCUT2D eigenvalue weighted by Gasteiger charge is -2.16. The molecule has 0 saturated carbocycles. The third-order valence-corrected chi connectivity index (χ3v) is 3.92. The zero-order chi connectivity index (χ0) is 13.6. The quantitative estimate of drug-likeness (QED) is 0.763. The van der Waals surface area contributed by atoms with E-state index in [0.717, 1.165) is 6.42 Å². The van der Waals surface area contributed by atoms with E-state index in [1.807, 2.05) is 6.92 Å². The maximum Gasteiger partial charge on any atom is 0.332 e. The molecule has 19 heavy (non-hydrogen) atoms. The van der Waals surface area contributed by atoms with Crippen molar-refractivity contribution in [3.63, 3.8) is 0 Å². The van der Waals surface area contributed by atoms with Gasteiger partial charge in [-0.3, -0.25) is 4.79 Å². The summed E-state index contributed by atoms with van der Waals surface area (Å²) in [6, 6.07) is 6.53. The summed E-state index contributed by atoms with van der Waals surface area (Å²) in [5, 5.41) is 0. The van der Waals surface area contributed by atoms with Gasteiger partial charge in [-0.15, -0.1) is 0 Å². The fraction of sp³-hybridized carbons (Fsp3) is 0.429. The molecule has 3 amide bonds. The maximum absolute atomic E-state index is 12.4. The average Bonchev–Trinajstić information content (AvgIpc) is 2.91. The standard InChI is InChI=1S/C14H16N2O3/c1-9-6-7-15-12(9)13(17)16(14(15)18)10-4-3-5-11(8-10)19-2/h3-5,8-9,12H,6-7H2,1-2H3. The lowest BCUT2D eigenvalue weighted by atomic mass is 10.0. The second-order valence-electron chi connectivity index (χ2n) is 5.06. The Kier molecular flexibility index (Phi) is 2.69. The van der Waals surface area contributed by atoms with Gasteiger partial charge in [0.25, 0.3) is 5.91 Å². The second-order valence-corrected chi connectivity index (χ2v) is 5.06. The zero-order valence-electron chi connectivity index (χ0n) is 11.0. The molecule has 1 aromatic rings. The first-order valence-electron chi connectivity index (χ1n) is 6.42. The summed E-state index contributed by atoms with van der Waals surface area (Å²) in [5.74, 6) is 0.744. The molecule has 2 atom stereocenters. The molecule has 1 aromatic carbocycles. The van der Waals surface area contributed by atoms with Gasteiger partial charge in [-0.1, -0.05) is 13.0 Å². The van der Waals surface area contributed by atoms with Crippen LogP contribution in [0.2, 0.25) is 0 Å². The van der Waals surface area contributed by atoms with Gasteiger partial charge < -0.3 is 9.64 Å². The summed E-state index contributed by atoms with van der Waals surface area (Å²) in [4.78, 5) is 27.7. The van der Waals surface area contributed by atoms with E-state index >= 15 is 0 Å². The van der Waals surface area contributed by atoms with Crippen LogP contribution in [-0.4, -0.2) is 36.5 Å². The van der Waals surface area contributed by atoms with Crippen molar-refractivity contribution in [3.8, 4) is 5.75 Å². The van der Waals surface area contributed by atoms with Crippen LogP contribution in [-0.2, 0) is 4.79 Å². The van der Waals surface area contributed by atoms with Crippen molar-refractivity contribution < 1.29 is 14.3 Å². The molecule has 0 radical (unpaired) electrons. The minimum absolute atomic E-state index is 0.122. The summed E-state index contributed by atoms with van der Waals surface area (Å²) in [5.41, 5.74) is 0.580. The molecule has 2 aliphatic rings. The van der Waals surface area contributed by atoms with Gasteiger partial charge in [0.05, 0.1) is 12.8 Å². The highest BCUT2D eigenvalue weighted by molar-refractivity contribution is 6.21. The first kappa shape index (κ1) is 12.0. The normalized spacial score (nSPS) is 26.0. The average molecular weight is 260 g/mol. The van der Waals surface area contributed by atoms with Crippen molar-refractivity contribution in [2.75, 3.05) is 18.6 Å². The number of fused-ring (bicyclic) bond motifs is 1. The van der Waals surface area contributed by atoms with Crippen molar-refractivity contribution in [1.29, 1.82) is 0 Å². The van der Waals surface area contributed by atoms with Gasteiger partial charge in [0, 0.05) is 12.6 Å². The molecule has 5 heteroatoms. The second kappa shape index (κ2) is 4.26. The number of hydrogen-bond donors (Lipinski definition) is 0. The number of imide groups is 1. The Hall–Kier alpha value is -2.04. The molecule has 2 unspecified atom stereocenters. The number of ether oxygens (including phenoxy) is 1. The topological polar surface area (TPSA) is 49.9 Å². The molecule has 2 saturated heterocycles. The van der Waals surface area contributed by atoms with Crippen LogP contribution in [0, 0.1) is 5.92 Å². The van der Waals surface area contributed by atoms with Crippen molar-refractivity contribution in [2.24, 2.45) is 5.92 Å². The highest BCUT2D eigenvalue weighted by Gasteiger charge is 2.51. The van der Waals surface area contributed by atoms with Gasteiger partial charge in [0.2, 0.25) is 0 Å². The van der Waals surface area contributed by atoms with Gasteiger partial charge in [0.1, 0.15) is 11.8 Å². The van der Waals surface area contributed by atoms with Crippen molar-refractivity contribution >= 4 is 17.6 Å². The highest BCUT2D eigenvalue weighted by Crippen LogP contribution is 2.35. The van der Waals surface area contributed by atoms with Gasteiger partial charge in [-0.05, 0) is 24.5 Å². The van der Waals surface area contributed by atoms with Crippen LogP contribution in [0.3, 0.4) is 0 Å². The Morgan fingerprint density at radius 2 is 2.11 bits per heavy atom. The lowest BCUT2D eigenvalue weighted by molar-refractivity contribution is -0.120. The van der Waals surface area contributed by atoms with Gasteiger partial charge in [0.15, 0.2) is 0 Å². The molecule has 100 valence electrons. The third kappa shape index (κ3) is 1.69. The number of anilines is 1. The first-order chi connectivity index (χ1) is 9.13. The van der Waals surface area contributed by atoms with Crippen LogP contribution in [0.4, 0.5) is 10.5 Å². The molecule has 2 aliphatic heterocycles. The summed E-state index contributed by atoms with van der Waals surface area (Å²) in [6.45, 7) is 2.68. The van der Waals surface area contributed by atoms with E-state index in [0.29, 0.717) is 18.0 Å². The number of urea groups is 1. The largest absolute Gasteiger partial charge is 0.497 e. The Bertz CT molecular complexity index is 543. The molecule has 0 aromatic heterocycles. The lowest BCUT2D eigenvalue weighted by Crippen LogP contribution is -2.33. The van der Waals surface area contributed by atoms with E-state index in [-0.39, 0.29) is 23.9 Å². The van der Waals surface area contributed by atoms with Gasteiger partial charge in [-0.25, -0.2) is 9.69 Å². The van der Waals surface area contributed by atoms with Crippen molar-refractivity contribution in [1.82, 2.24) is 4.90 Å². The first-order valence-corrected chi connectivity index (χ1v) is 6.42. The van der Waals surface area contributed by atoms with Crippen LogP contribution >= 0.6 is 0 Å². The van der Waals surface area contributed by atoms with E-state index in [4.69, 9.17) is 4.74 Å². The molecule has 3 rings (SSSR count). The van der Waals surface area contributed by atoms with E-state index in [1.165, 1.54) is 4.90 Å². The number of carbonyl (C=O) groups excluding carboxylic acids is 2. The van der Waals surface area contributed by atoms with Crippen LogP contribution < -0.4 is 9.64 Å².